The monoisotopic (exact) mass is 424 g/mol. The first kappa shape index (κ1) is 21.2. The van der Waals surface area contributed by atoms with E-state index in [1.807, 2.05) is 0 Å². The lowest BCUT2D eigenvalue weighted by Gasteiger charge is -2.05. The summed E-state index contributed by atoms with van der Waals surface area (Å²) in [4.78, 5) is 32.5. The highest BCUT2D eigenvalue weighted by molar-refractivity contribution is 5.82. The standard InChI is InChI=1S/C20H16N4O7/c1-13-10-14(23(26)27)6-8-16(13)18-9-7-15(31-18)11-21-22-20(25)12-30-19-5-3-2-4-17(19)24(28)29/h2-11H,12H2,1H3,(H,22,25)/b21-11+. The number of hydrogen-bond donors (Lipinski definition) is 1. The Morgan fingerprint density at radius 2 is 1.90 bits per heavy atom. The maximum Gasteiger partial charge on any atom is 0.310 e. The number of rotatable bonds is 8. The van der Waals surface area contributed by atoms with Gasteiger partial charge in [0.2, 0.25) is 0 Å². The molecule has 3 aromatic rings. The number of carbonyl (C=O) groups is 1. The van der Waals surface area contributed by atoms with Gasteiger partial charge >= 0.3 is 5.69 Å². The van der Waals surface area contributed by atoms with Crippen LogP contribution in [0.15, 0.2) is 64.1 Å². The van der Waals surface area contributed by atoms with Crippen LogP contribution in [-0.2, 0) is 4.79 Å². The van der Waals surface area contributed by atoms with Gasteiger partial charge in [-0.25, -0.2) is 5.43 Å². The molecule has 1 aromatic heterocycles. The average molecular weight is 424 g/mol. The van der Waals surface area contributed by atoms with Crippen molar-refractivity contribution in [3.8, 4) is 17.1 Å². The Labute approximate surface area is 175 Å². The number of para-hydroxylation sites is 2. The van der Waals surface area contributed by atoms with E-state index < -0.39 is 22.4 Å². The number of furan rings is 1. The van der Waals surface area contributed by atoms with Gasteiger partial charge in [0, 0.05) is 23.8 Å². The molecule has 158 valence electrons. The molecular weight excluding hydrogens is 408 g/mol. The molecule has 1 amide bonds. The quantitative estimate of drug-likeness (QED) is 0.330. The van der Waals surface area contributed by atoms with E-state index in [-0.39, 0.29) is 17.1 Å². The van der Waals surface area contributed by atoms with Gasteiger partial charge in [0.15, 0.2) is 12.4 Å². The second-order valence-corrected chi connectivity index (χ2v) is 6.27. The normalized spacial score (nSPS) is 10.7. The minimum Gasteiger partial charge on any atom is -0.477 e. The zero-order valence-corrected chi connectivity index (χ0v) is 16.2. The highest BCUT2D eigenvalue weighted by atomic mass is 16.6. The number of ether oxygens (including phenoxy) is 1. The number of nitrogens with one attached hydrogen (secondary N) is 1. The van der Waals surface area contributed by atoms with Crippen molar-refractivity contribution < 1.29 is 23.8 Å². The second-order valence-electron chi connectivity index (χ2n) is 6.27. The molecule has 11 heteroatoms. The van der Waals surface area contributed by atoms with Gasteiger partial charge < -0.3 is 9.15 Å². The molecule has 11 nitrogen and oxygen atoms in total. The van der Waals surface area contributed by atoms with E-state index in [2.05, 4.69) is 10.5 Å². The fraction of sp³-hybridized carbons (Fsp3) is 0.100. The number of nitro groups is 2. The van der Waals surface area contributed by atoms with Crippen molar-refractivity contribution in [2.45, 2.75) is 6.92 Å². The molecule has 0 saturated carbocycles. The third-order valence-corrected chi connectivity index (χ3v) is 4.11. The number of hydrazone groups is 1. The lowest BCUT2D eigenvalue weighted by Crippen LogP contribution is -2.24. The number of non-ortho nitro benzene ring substituents is 1. The molecule has 0 spiro atoms. The Morgan fingerprint density at radius 3 is 2.61 bits per heavy atom. The summed E-state index contributed by atoms with van der Waals surface area (Å²) in [6.45, 7) is 1.27. The molecule has 0 fully saturated rings. The number of carbonyl (C=O) groups excluding carboxylic acids is 1. The molecule has 0 atom stereocenters. The predicted molar refractivity (Wildman–Crippen MR) is 110 cm³/mol. The maximum atomic E-state index is 11.8. The summed E-state index contributed by atoms with van der Waals surface area (Å²) < 4.78 is 10.8. The molecule has 0 aliphatic heterocycles. The smallest absolute Gasteiger partial charge is 0.310 e. The van der Waals surface area contributed by atoms with E-state index in [9.17, 15) is 25.0 Å². The van der Waals surface area contributed by atoms with Crippen LogP contribution in [-0.4, -0.2) is 28.6 Å². The van der Waals surface area contributed by atoms with Crippen LogP contribution in [0, 0.1) is 27.2 Å². The topological polar surface area (TPSA) is 150 Å². The van der Waals surface area contributed by atoms with Crippen LogP contribution >= 0.6 is 0 Å². The molecule has 1 heterocycles. The number of nitrogens with zero attached hydrogens (tertiary/aromatic N) is 3. The maximum absolute atomic E-state index is 11.8. The van der Waals surface area contributed by atoms with Crippen LogP contribution < -0.4 is 10.2 Å². The van der Waals surface area contributed by atoms with Gasteiger partial charge in [-0.1, -0.05) is 12.1 Å². The lowest BCUT2D eigenvalue weighted by atomic mass is 10.1. The Morgan fingerprint density at radius 1 is 1.13 bits per heavy atom. The van der Waals surface area contributed by atoms with E-state index in [1.54, 1.807) is 31.2 Å². The first-order valence-electron chi connectivity index (χ1n) is 8.88. The Balaban J connectivity index is 1.58. The number of amides is 1. The minimum absolute atomic E-state index is 0.0136. The third-order valence-electron chi connectivity index (χ3n) is 4.11. The summed E-state index contributed by atoms with van der Waals surface area (Å²) in [5.41, 5.74) is 3.33. The zero-order valence-electron chi connectivity index (χ0n) is 16.2. The molecule has 2 aromatic carbocycles. The summed E-state index contributed by atoms with van der Waals surface area (Å²) >= 11 is 0. The first-order chi connectivity index (χ1) is 14.8. The van der Waals surface area contributed by atoms with Gasteiger partial charge in [0.25, 0.3) is 11.6 Å². The van der Waals surface area contributed by atoms with Crippen LogP contribution in [0.5, 0.6) is 5.75 Å². The summed E-state index contributed by atoms with van der Waals surface area (Å²) in [5, 5.41) is 25.5. The molecule has 1 N–H and O–H groups in total. The zero-order chi connectivity index (χ0) is 22.4. The SMILES string of the molecule is Cc1cc([N+](=O)[O-])ccc1-c1ccc(/C=N/NC(=O)COc2ccccc2[N+](=O)[O-])o1. The van der Waals surface area contributed by atoms with Crippen LogP contribution in [0.2, 0.25) is 0 Å². The molecule has 31 heavy (non-hydrogen) atoms. The van der Waals surface area contributed by atoms with Crippen LogP contribution in [0.25, 0.3) is 11.3 Å². The largest absolute Gasteiger partial charge is 0.477 e. The van der Waals surface area contributed by atoms with Crippen molar-refractivity contribution in [3.63, 3.8) is 0 Å². The van der Waals surface area contributed by atoms with Crippen molar-refractivity contribution >= 4 is 23.5 Å². The van der Waals surface area contributed by atoms with Crippen LogP contribution in [0.4, 0.5) is 11.4 Å². The second kappa shape index (κ2) is 9.31. The molecule has 0 radical (unpaired) electrons. The molecule has 3 rings (SSSR count). The number of aryl methyl sites for hydroxylation is 1. The van der Waals surface area contributed by atoms with E-state index in [0.29, 0.717) is 22.6 Å². The van der Waals surface area contributed by atoms with E-state index in [4.69, 9.17) is 9.15 Å². The molecule has 0 saturated heterocycles. The minimum atomic E-state index is -0.618. The highest BCUT2D eigenvalue weighted by Crippen LogP contribution is 2.28. The van der Waals surface area contributed by atoms with Crippen molar-refractivity contribution in [1.29, 1.82) is 0 Å². The molecule has 0 unspecified atom stereocenters. The van der Waals surface area contributed by atoms with Crippen LogP contribution in [0.1, 0.15) is 11.3 Å². The highest BCUT2D eigenvalue weighted by Gasteiger charge is 2.15. The first-order valence-corrected chi connectivity index (χ1v) is 8.88. The molecule has 0 aliphatic rings. The number of nitro benzene ring substituents is 2. The fourth-order valence-electron chi connectivity index (χ4n) is 2.68. The predicted octanol–water partition coefficient (Wildman–Crippen LogP) is 3.60. The van der Waals surface area contributed by atoms with E-state index in [1.165, 1.54) is 36.5 Å². The van der Waals surface area contributed by atoms with Gasteiger partial charge in [-0.2, -0.15) is 5.10 Å². The molecular formula is C20H16N4O7. The van der Waals surface area contributed by atoms with Crippen molar-refractivity contribution in [3.05, 3.63) is 86.1 Å². The van der Waals surface area contributed by atoms with E-state index >= 15 is 0 Å². The van der Waals surface area contributed by atoms with Gasteiger partial charge in [-0.3, -0.25) is 25.0 Å². The van der Waals surface area contributed by atoms with Gasteiger partial charge in [0.05, 0.1) is 16.1 Å². The van der Waals surface area contributed by atoms with Crippen LogP contribution in [0.3, 0.4) is 0 Å². The summed E-state index contributed by atoms with van der Waals surface area (Å²) in [6.07, 6.45) is 1.27. The van der Waals surface area contributed by atoms with Gasteiger partial charge in [-0.05, 0) is 36.8 Å². The Bertz CT molecular complexity index is 1170. The van der Waals surface area contributed by atoms with E-state index in [0.717, 1.165) is 0 Å². The van der Waals surface area contributed by atoms with Crippen molar-refractivity contribution in [2.75, 3.05) is 6.61 Å². The number of hydrogen-bond acceptors (Lipinski definition) is 8. The van der Waals surface area contributed by atoms with Crippen molar-refractivity contribution in [1.82, 2.24) is 5.43 Å². The molecule has 0 bridgehead atoms. The molecule has 0 aliphatic carbocycles. The lowest BCUT2D eigenvalue weighted by molar-refractivity contribution is -0.385. The fourth-order valence-corrected chi connectivity index (χ4v) is 2.68. The summed E-state index contributed by atoms with van der Waals surface area (Å²) in [7, 11) is 0. The average Bonchev–Trinajstić information content (AvgIpc) is 3.20. The Hall–Kier alpha value is -4.54. The number of benzene rings is 2. The van der Waals surface area contributed by atoms with Crippen molar-refractivity contribution in [2.24, 2.45) is 5.10 Å². The summed E-state index contributed by atoms with van der Waals surface area (Å²) in [5.74, 6) is 0.181. The van der Waals surface area contributed by atoms with Gasteiger partial charge in [-0.15, -0.1) is 0 Å². The Kier molecular flexibility index (Phi) is 6.36. The third kappa shape index (κ3) is 5.29. The summed E-state index contributed by atoms with van der Waals surface area (Å²) in [6, 6.07) is 13.4. The van der Waals surface area contributed by atoms with Gasteiger partial charge in [0.1, 0.15) is 11.5 Å².